The van der Waals surface area contributed by atoms with E-state index in [1.54, 1.807) is 7.11 Å². The van der Waals surface area contributed by atoms with Gasteiger partial charge in [0, 0.05) is 27.0 Å². The molecule has 8 nitrogen and oxygen atoms in total. The Morgan fingerprint density at radius 2 is 1.81 bits per heavy atom. The van der Waals surface area contributed by atoms with Gasteiger partial charge in [-0.3, -0.25) is 14.4 Å². The molecule has 0 saturated carbocycles. The van der Waals surface area contributed by atoms with Gasteiger partial charge in [0.2, 0.25) is 11.8 Å². The standard InChI is InChI=1S/C19H28N2O6/c1-15(22)21-17(19(24)20-10-11-26-13-12-25-2)8-9-18(23)27-14-16-6-4-3-5-7-16/h3-7,17H,8-14H2,1-2H3,(H,20,24)(H,21,22)/t17-/m0/s1. The molecule has 0 aliphatic carbocycles. The summed E-state index contributed by atoms with van der Waals surface area (Å²) in [5, 5.41) is 5.23. The van der Waals surface area contributed by atoms with E-state index in [9.17, 15) is 14.4 Å². The van der Waals surface area contributed by atoms with E-state index in [0.717, 1.165) is 5.56 Å². The minimum absolute atomic E-state index is 0.0234. The maximum absolute atomic E-state index is 12.2. The molecule has 0 bridgehead atoms. The quantitative estimate of drug-likeness (QED) is 0.387. The summed E-state index contributed by atoms with van der Waals surface area (Å²) in [6.07, 6.45) is 0.180. The van der Waals surface area contributed by atoms with Gasteiger partial charge in [0.25, 0.3) is 0 Å². The summed E-state index contributed by atoms with van der Waals surface area (Å²) in [7, 11) is 1.58. The zero-order valence-electron chi connectivity index (χ0n) is 15.9. The largest absolute Gasteiger partial charge is 0.461 e. The van der Waals surface area contributed by atoms with E-state index in [-0.39, 0.29) is 31.3 Å². The molecule has 0 aromatic heterocycles. The second kappa shape index (κ2) is 13.7. The smallest absolute Gasteiger partial charge is 0.306 e. The number of carbonyl (C=O) groups is 3. The fourth-order valence-corrected chi connectivity index (χ4v) is 2.20. The molecule has 1 aromatic rings. The lowest BCUT2D eigenvalue weighted by atomic mass is 10.1. The monoisotopic (exact) mass is 380 g/mol. The molecular formula is C19H28N2O6. The highest BCUT2D eigenvalue weighted by atomic mass is 16.5. The molecule has 1 atom stereocenters. The molecule has 150 valence electrons. The predicted octanol–water partition coefficient (Wildman–Crippen LogP) is 0.794. The Morgan fingerprint density at radius 3 is 2.48 bits per heavy atom. The van der Waals surface area contributed by atoms with Crippen molar-refractivity contribution in [2.75, 3.05) is 33.5 Å². The number of nitrogens with one attached hydrogen (secondary N) is 2. The second-order valence-corrected chi connectivity index (χ2v) is 5.83. The van der Waals surface area contributed by atoms with Crippen LogP contribution in [0.2, 0.25) is 0 Å². The third-order valence-electron chi connectivity index (χ3n) is 3.55. The predicted molar refractivity (Wildman–Crippen MR) is 98.8 cm³/mol. The minimum Gasteiger partial charge on any atom is -0.461 e. The van der Waals surface area contributed by atoms with Crippen molar-refractivity contribution in [1.82, 2.24) is 10.6 Å². The van der Waals surface area contributed by atoms with Crippen LogP contribution in [-0.4, -0.2) is 57.3 Å². The van der Waals surface area contributed by atoms with Crippen molar-refractivity contribution in [2.24, 2.45) is 0 Å². The van der Waals surface area contributed by atoms with Crippen LogP contribution in [0, 0.1) is 0 Å². The van der Waals surface area contributed by atoms with Crippen molar-refractivity contribution in [3.05, 3.63) is 35.9 Å². The first-order valence-electron chi connectivity index (χ1n) is 8.84. The average molecular weight is 380 g/mol. The number of amides is 2. The lowest BCUT2D eigenvalue weighted by molar-refractivity contribution is -0.145. The molecule has 0 aliphatic heterocycles. The van der Waals surface area contributed by atoms with Crippen LogP contribution in [0.5, 0.6) is 0 Å². The number of ether oxygens (including phenoxy) is 3. The van der Waals surface area contributed by atoms with Crippen LogP contribution < -0.4 is 10.6 Å². The van der Waals surface area contributed by atoms with Crippen molar-refractivity contribution in [3.8, 4) is 0 Å². The maximum Gasteiger partial charge on any atom is 0.306 e. The summed E-state index contributed by atoms with van der Waals surface area (Å²) in [6.45, 7) is 3.05. The molecule has 8 heteroatoms. The topological polar surface area (TPSA) is 103 Å². The van der Waals surface area contributed by atoms with E-state index >= 15 is 0 Å². The summed E-state index contributed by atoms with van der Waals surface area (Å²) in [4.78, 5) is 35.4. The van der Waals surface area contributed by atoms with Gasteiger partial charge in [-0.25, -0.2) is 0 Å². The van der Waals surface area contributed by atoms with Gasteiger partial charge in [-0.2, -0.15) is 0 Å². The Balaban J connectivity index is 2.34. The van der Waals surface area contributed by atoms with E-state index in [0.29, 0.717) is 26.4 Å². The Kier molecular flexibility index (Phi) is 11.5. The molecule has 0 radical (unpaired) electrons. The van der Waals surface area contributed by atoms with E-state index in [1.807, 2.05) is 30.3 Å². The van der Waals surface area contributed by atoms with Crippen molar-refractivity contribution >= 4 is 17.8 Å². The average Bonchev–Trinajstić information content (AvgIpc) is 2.66. The van der Waals surface area contributed by atoms with Gasteiger partial charge in [-0.1, -0.05) is 30.3 Å². The molecule has 0 fully saturated rings. The highest BCUT2D eigenvalue weighted by Gasteiger charge is 2.20. The SMILES string of the molecule is COCCOCCNC(=O)[C@H](CCC(=O)OCc1ccccc1)NC(C)=O. The van der Waals surface area contributed by atoms with Crippen LogP contribution >= 0.6 is 0 Å². The minimum atomic E-state index is -0.800. The van der Waals surface area contributed by atoms with Gasteiger partial charge in [-0.05, 0) is 12.0 Å². The number of rotatable bonds is 13. The third-order valence-corrected chi connectivity index (χ3v) is 3.55. The Bertz CT molecular complexity index is 579. The maximum atomic E-state index is 12.2. The number of hydrogen-bond donors (Lipinski definition) is 2. The third kappa shape index (κ3) is 11.0. The number of hydrogen-bond acceptors (Lipinski definition) is 6. The molecule has 2 amide bonds. The van der Waals surface area contributed by atoms with E-state index in [2.05, 4.69) is 10.6 Å². The zero-order chi connectivity index (χ0) is 19.9. The summed E-state index contributed by atoms with van der Waals surface area (Å²) >= 11 is 0. The first kappa shape index (κ1) is 22.6. The van der Waals surface area contributed by atoms with Crippen LogP contribution in [0.1, 0.15) is 25.3 Å². The van der Waals surface area contributed by atoms with Gasteiger partial charge in [0.1, 0.15) is 12.6 Å². The van der Waals surface area contributed by atoms with Crippen LogP contribution in [0.4, 0.5) is 0 Å². The number of methoxy groups -OCH3 is 1. The number of esters is 1. The highest BCUT2D eigenvalue weighted by molar-refractivity contribution is 5.87. The summed E-state index contributed by atoms with van der Waals surface area (Å²) < 4.78 is 15.3. The molecular weight excluding hydrogens is 352 g/mol. The molecule has 2 N–H and O–H groups in total. The Labute approximate surface area is 159 Å². The van der Waals surface area contributed by atoms with Gasteiger partial charge >= 0.3 is 5.97 Å². The van der Waals surface area contributed by atoms with Gasteiger partial charge in [0.15, 0.2) is 0 Å². The molecule has 1 aromatic carbocycles. The molecule has 1 rings (SSSR count). The molecule has 0 saturated heterocycles. The van der Waals surface area contributed by atoms with Crippen molar-refractivity contribution < 1.29 is 28.6 Å². The summed E-state index contributed by atoms with van der Waals surface area (Å²) in [5.41, 5.74) is 0.885. The van der Waals surface area contributed by atoms with Gasteiger partial charge in [0.05, 0.1) is 19.8 Å². The summed E-state index contributed by atoms with van der Waals surface area (Å²) in [5.74, 6) is -1.13. The van der Waals surface area contributed by atoms with Crippen LogP contribution in [0.3, 0.4) is 0 Å². The van der Waals surface area contributed by atoms with E-state index in [1.165, 1.54) is 6.92 Å². The lowest BCUT2D eigenvalue weighted by Crippen LogP contribution is -2.47. The molecule has 27 heavy (non-hydrogen) atoms. The van der Waals surface area contributed by atoms with Crippen molar-refractivity contribution in [3.63, 3.8) is 0 Å². The highest BCUT2D eigenvalue weighted by Crippen LogP contribution is 2.05. The van der Waals surface area contributed by atoms with E-state index in [4.69, 9.17) is 14.2 Å². The normalized spacial score (nSPS) is 11.5. The fraction of sp³-hybridized carbons (Fsp3) is 0.526. The van der Waals surface area contributed by atoms with Gasteiger partial charge < -0.3 is 24.8 Å². The van der Waals surface area contributed by atoms with Crippen LogP contribution in [0.25, 0.3) is 0 Å². The van der Waals surface area contributed by atoms with Crippen LogP contribution in [-0.2, 0) is 35.2 Å². The van der Waals surface area contributed by atoms with E-state index < -0.39 is 12.0 Å². The number of carbonyl (C=O) groups excluding carboxylic acids is 3. The molecule has 0 spiro atoms. The summed E-state index contributed by atoms with van der Waals surface area (Å²) in [6, 6.07) is 8.51. The van der Waals surface area contributed by atoms with Crippen molar-refractivity contribution in [1.29, 1.82) is 0 Å². The first-order chi connectivity index (χ1) is 13.0. The first-order valence-corrected chi connectivity index (χ1v) is 8.84. The molecule has 0 heterocycles. The van der Waals surface area contributed by atoms with Gasteiger partial charge in [-0.15, -0.1) is 0 Å². The zero-order valence-corrected chi connectivity index (χ0v) is 15.9. The fourth-order valence-electron chi connectivity index (χ4n) is 2.20. The Morgan fingerprint density at radius 1 is 1.07 bits per heavy atom. The lowest BCUT2D eigenvalue weighted by Gasteiger charge is -2.17. The van der Waals surface area contributed by atoms with Crippen LogP contribution in [0.15, 0.2) is 30.3 Å². The Hall–Kier alpha value is -2.45. The number of benzene rings is 1. The van der Waals surface area contributed by atoms with Crippen molar-refractivity contribution in [2.45, 2.75) is 32.4 Å². The second-order valence-electron chi connectivity index (χ2n) is 5.83. The molecule has 0 unspecified atom stereocenters. The molecule has 0 aliphatic rings.